The second kappa shape index (κ2) is 5.99. The molecule has 4 heteroatoms. The van der Waals surface area contributed by atoms with Crippen LogP contribution in [-0.2, 0) is 0 Å². The molecule has 0 saturated heterocycles. The zero-order valence-electron chi connectivity index (χ0n) is 7.85. The van der Waals surface area contributed by atoms with Crippen LogP contribution in [0.2, 0.25) is 5.02 Å². The van der Waals surface area contributed by atoms with Gasteiger partial charge in [-0.2, -0.15) is 0 Å². The molecule has 0 aliphatic heterocycles. The Balaban J connectivity index is 2.83. The fourth-order valence-corrected chi connectivity index (χ4v) is 1.27. The smallest absolute Gasteiger partial charge is 0.179 e. The quantitative estimate of drug-likeness (QED) is 0.728. The lowest BCUT2D eigenvalue weighted by molar-refractivity contribution is 0.289. The highest BCUT2D eigenvalue weighted by atomic mass is 35.5. The first-order valence-corrected chi connectivity index (χ1v) is 5.22. The molecule has 0 N–H and O–H groups in total. The molecule has 1 aromatic carbocycles. The molecule has 0 saturated carbocycles. The first-order valence-electron chi connectivity index (χ1n) is 4.30. The largest absolute Gasteiger partial charge is 0.488 e. The third-order valence-electron chi connectivity index (χ3n) is 1.49. The van der Waals surface area contributed by atoms with Crippen molar-refractivity contribution in [3.05, 3.63) is 23.2 Å². The van der Waals surface area contributed by atoms with Gasteiger partial charge in [-0.3, -0.25) is 0 Å². The van der Waals surface area contributed by atoms with Crippen molar-refractivity contribution in [1.29, 1.82) is 0 Å². The van der Waals surface area contributed by atoms with E-state index in [1.807, 2.05) is 6.92 Å². The Bertz CT molecular complexity index is 289. The van der Waals surface area contributed by atoms with E-state index in [1.54, 1.807) is 12.1 Å². The third kappa shape index (κ3) is 2.96. The summed E-state index contributed by atoms with van der Waals surface area (Å²) in [5, 5.41) is 0.499. The number of hydrogen-bond donors (Lipinski definition) is 0. The molecular formula is C10H11Cl2O2. The van der Waals surface area contributed by atoms with E-state index < -0.39 is 0 Å². The number of hydrogen-bond acceptors (Lipinski definition) is 2. The van der Waals surface area contributed by atoms with Gasteiger partial charge in [-0.1, -0.05) is 11.6 Å². The molecule has 0 aliphatic carbocycles. The zero-order valence-corrected chi connectivity index (χ0v) is 9.36. The Morgan fingerprint density at radius 2 is 2.14 bits per heavy atom. The Morgan fingerprint density at radius 1 is 1.36 bits per heavy atom. The van der Waals surface area contributed by atoms with E-state index in [9.17, 15) is 0 Å². The topological polar surface area (TPSA) is 18.5 Å². The molecule has 0 bridgehead atoms. The van der Waals surface area contributed by atoms with Crippen LogP contribution in [0.1, 0.15) is 6.92 Å². The Morgan fingerprint density at radius 3 is 2.79 bits per heavy atom. The first kappa shape index (κ1) is 11.5. The van der Waals surface area contributed by atoms with Crippen LogP contribution in [0.5, 0.6) is 11.5 Å². The highest BCUT2D eigenvalue weighted by Gasteiger charge is 2.08. The van der Waals surface area contributed by atoms with E-state index in [0.29, 0.717) is 35.6 Å². The summed E-state index contributed by atoms with van der Waals surface area (Å²) in [4.78, 5) is 0. The van der Waals surface area contributed by atoms with E-state index >= 15 is 0 Å². The van der Waals surface area contributed by atoms with Crippen molar-refractivity contribution in [1.82, 2.24) is 0 Å². The number of benzene rings is 1. The van der Waals surface area contributed by atoms with Crippen molar-refractivity contribution >= 4 is 23.2 Å². The maximum atomic E-state index is 5.92. The van der Waals surface area contributed by atoms with E-state index in [2.05, 4.69) is 6.07 Å². The monoisotopic (exact) mass is 233 g/mol. The van der Waals surface area contributed by atoms with Crippen LogP contribution in [0.15, 0.2) is 12.1 Å². The minimum Gasteiger partial charge on any atom is -0.488 e. The SMILES string of the molecule is CCOc1c(Cl)c[c]cc1OCCCl. The van der Waals surface area contributed by atoms with Gasteiger partial charge in [-0.25, -0.2) is 0 Å². The van der Waals surface area contributed by atoms with Crippen LogP contribution in [-0.4, -0.2) is 19.1 Å². The van der Waals surface area contributed by atoms with Gasteiger partial charge in [0, 0.05) is 0 Å². The molecule has 2 nitrogen and oxygen atoms in total. The minimum absolute atomic E-state index is 0.426. The predicted molar refractivity (Wildman–Crippen MR) is 57.7 cm³/mol. The molecule has 1 rings (SSSR count). The fraction of sp³-hybridized carbons (Fsp3) is 0.400. The highest BCUT2D eigenvalue weighted by Crippen LogP contribution is 2.34. The van der Waals surface area contributed by atoms with Crippen LogP contribution in [0.3, 0.4) is 0 Å². The molecule has 0 aliphatic rings. The fourth-order valence-electron chi connectivity index (χ4n) is 0.979. The van der Waals surface area contributed by atoms with Crippen molar-refractivity contribution in [2.24, 2.45) is 0 Å². The molecule has 0 heterocycles. The summed E-state index contributed by atoms with van der Waals surface area (Å²) >= 11 is 11.4. The molecular weight excluding hydrogens is 223 g/mol. The molecule has 0 unspecified atom stereocenters. The van der Waals surface area contributed by atoms with Crippen molar-refractivity contribution in [2.75, 3.05) is 19.1 Å². The van der Waals surface area contributed by atoms with Gasteiger partial charge >= 0.3 is 0 Å². The molecule has 0 amide bonds. The van der Waals surface area contributed by atoms with Crippen molar-refractivity contribution in [2.45, 2.75) is 6.92 Å². The van der Waals surface area contributed by atoms with Gasteiger partial charge in [0.2, 0.25) is 0 Å². The van der Waals surface area contributed by atoms with E-state index in [4.69, 9.17) is 32.7 Å². The van der Waals surface area contributed by atoms with Gasteiger partial charge in [0.25, 0.3) is 0 Å². The summed E-state index contributed by atoms with van der Waals surface area (Å²) < 4.78 is 10.7. The standard InChI is InChI=1S/C10H11Cl2O2/c1-2-13-10-8(12)4-3-5-9(10)14-7-6-11/h4-5H,2,6-7H2,1H3. The molecule has 1 radical (unpaired) electrons. The number of ether oxygens (including phenoxy) is 2. The van der Waals surface area contributed by atoms with Gasteiger partial charge < -0.3 is 9.47 Å². The van der Waals surface area contributed by atoms with Gasteiger partial charge in [0.15, 0.2) is 11.5 Å². The van der Waals surface area contributed by atoms with Crippen LogP contribution in [0, 0.1) is 6.07 Å². The minimum atomic E-state index is 0.426. The third-order valence-corrected chi connectivity index (χ3v) is 1.92. The maximum absolute atomic E-state index is 5.92. The van der Waals surface area contributed by atoms with E-state index in [0.717, 1.165) is 0 Å². The van der Waals surface area contributed by atoms with Crippen LogP contribution < -0.4 is 9.47 Å². The summed E-state index contributed by atoms with van der Waals surface area (Å²) in [6.45, 7) is 2.86. The lowest BCUT2D eigenvalue weighted by atomic mass is 10.3. The second-order valence-corrected chi connectivity index (χ2v) is 3.25. The summed E-state index contributed by atoms with van der Waals surface area (Å²) in [6, 6.07) is 6.18. The Hall–Kier alpha value is -0.600. The van der Waals surface area contributed by atoms with Gasteiger partial charge in [0.05, 0.1) is 17.5 Å². The van der Waals surface area contributed by atoms with E-state index in [1.165, 1.54) is 0 Å². The summed E-state index contributed by atoms with van der Waals surface area (Å²) in [7, 11) is 0. The normalized spacial score (nSPS) is 9.93. The second-order valence-electron chi connectivity index (χ2n) is 2.47. The molecule has 0 spiro atoms. The summed E-state index contributed by atoms with van der Waals surface area (Å²) in [6.07, 6.45) is 0. The summed E-state index contributed by atoms with van der Waals surface area (Å²) in [5.41, 5.74) is 0. The molecule has 0 fully saturated rings. The lowest BCUT2D eigenvalue weighted by Gasteiger charge is -2.11. The van der Waals surface area contributed by atoms with Crippen LogP contribution >= 0.6 is 23.2 Å². The zero-order chi connectivity index (χ0) is 10.4. The molecule has 77 valence electrons. The molecule has 0 atom stereocenters. The van der Waals surface area contributed by atoms with Crippen LogP contribution in [0.4, 0.5) is 0 Å². The number of alkyl halides is 1. The Kier molecular flexibility index (Phi) is 4.91. The molecule has 1 aromatic rings. The first-order chi connectivity index (χ1) is 6.79. The van der Waals surface area contributed by atoms with E-state index in [-0.39, 0.29) is 0 Å². The van der Waals surface area contributed by atoms with Crippen molar-refractivity contribution in [3.8, 4) is 11.5 Å². The average Bonchev–Trinajstić information content (AvgIpc) is 2.19. The summed E-state index contributed by atoms with van der Waals surface area (Å²) in [5.74, 6) is 1.57. The van der Waals surface area contributed by atoms with Gasteiger partial charge in [-0.15, -0.1) is 11.6 Å². The lowest BCUT2D eigenvalue weighted by Crippen LogP contribution is -2.01. The molecule has 14 heavy (non-hydrogen) atoms. The van der Waals surface area contributed by atoms with Crippen molar-refractivity contribution < 1.29 is 9.47 Å². The highest BCUT2D eigenvalue weighted by molar-refractivity contribution is 6.32. The molecule has 0 aromatic heterocycles. The maximum Gasteiger partial charge on any atom is 0.179 e. The van der Waals surface area contributed by atoms with Crippen molar-refractivity contribution in [3.63, 3.8) is 0 Å². The van der Waals surface area contributed by atoms with Crippen LogP contribution in [0.25, 0.3) is 0 Å². The number of halogens is 2. The van der Waals surface area contributed by atoms with Gasteiger partial charge in [-0.05, 0) is 25.1 Å². The van der Waals surface area contributed by atoms with Gasteiger partial charge in [0.1, 0.15) is 6.61 Å². The number of rotatable bonds is 5. The predicted octanol–water partition coefficient (Wildman–Crippen LogP) is 3.16. The Labute approximate surface area is 93.7 Å². The average molecular weight is 234 g/mol.